The minimum Gasteiger partial charge on any atom is -0.212 e. The average molecular weight is 332 g/mol. The Balaban J connectivity index is 1.88. The smallest absolute Gasteiger partial charge is 0.212 e. The number of aryl methyl sites for hydroxylation is 1. The van der Waals surface area contributed by atoms with Gasteiger partial charge in [-0.25, -0.2) is 13.1 Å². The van der Waals surface area contributed by atoms with Crippen LogP contribution in [0.5, 0.6) is 0 Å². The number of rotatable bonds is 5. The monoisotopic (exact) mass is 331 g/mol. The fraction of sp³-hybridized carbons (Fsp3) is 0.538. The molecular weight excluding hydrogens is 314 g/mol. The second-order valence-electron chi connectivity index (χ2n) is 4.73. The molecule has 100 valence electrons. The first-order valence-electron chi connectivity index (χ1n) is 6.25. The van der Waals surface area contributed by atoms with E-state index < -0.39 is 10.0 Å². The molecule has 1 N–H and O–H groups in total. The summed E-state index contributed by atoms with van der Waals surface area (Å²) in [5.74, 6) is 0.160. The normalized spacial score (nSPS) is 24.3. The Hall–Kier alpha value is -0.390. The molecule has 0 bridgehead atoms. The molecule has 2 rings (SSSR count). The number of alkyl halides is 1. The van der Waals surface area contributed by atoms with E-state index in [4.69, 9.17) is 0 Å². The van der Waals surface area contributed by atoms with Crippen molar-refractivity contribution < 1.29 is 8.42 Å². The summed E-state index contributed by atoms with van der Waals surface area (Å²) in [5, 5.41) is 0. The Labute approximate surface area is 117 Å². The summed E-state index contributed by atoms with van der Waals surface area (Å²) >= 11 is 3.53. The largest absolute Gasteiger partial charge is 0.212 e. The molecule has 0 aliphatic heterocycles. The van der Waals surface area contributed by atoms with Gasteiger partial charge in [0.1, 0.15) is 0 Å². The van der Waals surface area contributed by atoms with Gasteiger partial charge in [-0.05, 0) is 24.8 Å². The van der Waals surface area contributed by atoms with Crippen LogP contribution >= 0.6 is 15.9 Å². The van der Waals surface area contributed by atoms with E-state index in [-0.39, 0.29) is 16.6 Å². The van der Waals surface area contributed by atoms with Crippen molar-refractivity contribution in [2.75, 3.05) is 5.75 Å². The van der Waals surface area contributed by atoms with Crippen LogP contribution in [0.25, 0.3) is 0 Å². The van der Waals surface area contributed by atoms with E-state index in [0.29, 0.717) is 6.42 Å². The van der Waals surface area contributed by atoms with E-state index >= 15 is 0 Å². The van der Waals surface area contributed by atoms with Gasteiger partial charge in [-0.3, -0.25) is 0 Å². The van der Waals surface area contributed by atoms with Crippen molar-refractivity contribution in [2.45, 2.75) is 36.6 Å². The van der Waals surface area contributed by atoms with Gasteiger partial charge in [0.15, 0.2) is 0 Å². The van der Waals surface area contributed by atoms with Crippen molar-refractivity contribution in [3.8, 4) is 0 Å². The molecule has 1 aliphatic carbocycles. The first kappa shape index (κ1) is 14.0. The third-order valence-corrected chi connectivity index (χ3v) is 5.76. The maximum Gasteiger partial charge on any atom is 0.212 e. The first-order chi connectivity index (χ1) is 8.57. The summed E-state index contributed by atoms with van der Waals surface area (Å²) in [7, 11) is -3.18. The molecule has 1 saturated carbocycles. The molecule has 0 amide bonds. The van der Waals surface area contributed by atoms with E-state index in [2.05, 4.69) is 20.7 Å². The van der Waals surface area contributed by atoms with Crippen LogP contribution < -0.4 is 4.72 Å². The lowest BCUT2D eigenvalue weighted by atomic mass is 10.2. The Morgan fingerprint density at radius 2 is 1.94 bits per heavy atom. The molecular formula is C13H18BrNO2S. The minimum atomic E-state index is -3.18. The number of hydrogen-bond donors (Lipinski definition) is 1. The lowest BCUT2D eigenvalue weighted by molar-refractivity contribution is 0.555. The highest BCUT2D eigenvalue weighted by molar-refractivity contribution is 9.09. The fourth-order valence-corrected chi connectivity index (χ4v) is 4.49. The summed E-state index contributed by atoms with van der Waals surface area (Å²) in [4.78, 5) is 0.281. The average Bonchev–Trinajstić information content (AvgIpc) is 2.73. The van der Waals surface area contributed by atoms with Crippen LogP contribution in [0.3, 0.4) is 0 Å². The van der Waals surface area contributed by atoms with Crippen LogP contribution in [-0.2, 0) is 16.4 Å². The molecule has 1 aromatic rings. The molecule has 18 heavy (non-hydrogen) atoms. The van der Waals surface area contributed by atoms with Crippen molar-refractivity contribution in [2.24, 2.45) is 0 Å². The summed E-state index contributed by atoms with van der Waals surface area (Å²) < 4.78 is 26.7. The quantitative estimate of drug-likeness (QED) is 0.842. The lowest BCUT2D eigenvalue weighted by Gasteiger charge is -2.16. The Morgan fingerprint density at radius 1 is 1.22 bits per heavy atom. The summed E-state index contributed by atoms with van der Waals surface area (Å²) in [6, 6.07) is 9.77. The standard InChI is InChI=1S/C13H18BrNO2S/c14-12-7-4-8-13(12)15-18(16,17)10-9-11-5-2-1-3-6-11/h1-3,5-6,12-13,15H,4,7-10H2. The zero-order valence-electron chi connectivity index (χ0n) is 10.2. The fourth-order valence-electron chi connectivity index (χ4n) is 2.23. The molecule has 1 aliphatic rings. The minimum absolute atomic E-state index is 0.0609. The highest BCUT2D eigenvalue weighted by Crippen LogP contribution is 2.26. The third kappa shape index (κ3) is 4.07. The third-order valence-electron chi connectivity index (χ3n) is 3.26. The zero-order chi connectivity index (χ0) is 13.0. The van der Waals surface area contributed by atoms with Gasteiger partial charge < -0.3 is 0 Å². The predicted molar refractivity (Wildman–Crippen MR) is 77.4 cm³/mol. The number of sulfonamides is 1. The molecule has 5 heteroatoms. The molecule has 1 aromatic carbocycles. The second-order valence-corrected chi connectivity index (χ2v) is 7.78. The second kappa shape index (κ2) is 6.17. The molecule has 0 spiro atoms. The topological polar surface area (TPSA) is 46.2 Å². The van der Waals surface area contributed by atoms with Crippen LogP contribution in [0.4, 0.5) is 0 Å². The number of benzene rings is 1. The molecule has 2 unspecified atom stereocenters. The number of nitrogens with one attached hydrogen (secondary N) is 1. The van der Waals surface area contributed by atoms with Crippen LogP contribution in [0.2, 0.25) is 0 Å². The van der Waals surface area contributed by atoms with Gasteiger partial charge in [-0.15, -0.1) is 0 Å². The van der Waals surface area contributed by atoms with Gasteiger partial charge in [0.2, 0.25) is 10.0 Å². The van der Waals surface area contributed by atoms with E-state index in [1.807, 2.05) is 30.3 Å². The van der Waals surface area contributed by atoms with Crippen LogP contribution in [0.15, 0.2) is 30.3 Å². The Morgan fingerprint density at radius 3 is 2.56 bits per heavy atom. The number of halogens is 1. The maximum absolute atomic E-state index is 12.0. The van der Waals surface area contributed by atoms with E-state index in [1.54, 1.807) is 0 Å². The van der Waals surface area contributed by atoms with Gasteiger partial charge in [-0.1, -0.05) is 52.7 Å². The SMILES string of the molecule is O=S(=O)(CCc1ccccc1)NC1CCCC1Br. The van der Waals surface area contributed by atoms with Gasteiger partial charge >= 0.3 is 0 Å². The Bertz CT molecular complexity index is 475. The van der Waals surface area contributed by atoms with Crippen LogP contribution in [0.1, 0.15) is 24.8 Å². The van der Waals surface area contributed by atoms with Gasteiger partial charge in [0.25, 0.3) is 0 Å². The molecule has 0 heterocycles. The summed E-state index contributed by atoms with van der Waals surface area (Å²) in [6.45, 7) is 0. The molecule has 0 radical (unpaired) electrons. The lowest BCUT2D eigenvalue weighted by Crippen LogP contribution is -2.39. The van der Waals surface area contributed by atoms with Gasteiger partial charge in [0, 0.05) is 10.9 Å². The van der Waals surface area contributed by atoms with Crippen molar-refractivity contribution in [1.29, 1.82) is 0 Å². The number of hydrogen-bond acceptors (Lipinski definition) is 2. The highest BCUT2D eigenvalue weighted by atomic mass is 79.9. The van der Waals surface area contributed by atoms with E-state index in [0.717, 1.165) is 24.8 Å². The van der Waals surface area contributed by atoms with E-state index in [9.17, 15) is 8.42 Å². The van der Waals surface area contributed by atoms with Gasteiger partial charge in [-0.2, -0.15) is 0 Å². The molecule has 2 atom stereocenters. The van der Waals surface area contributed by atoms with E-state index in [1.165, 1.54) is 0 Å². The van der Waals surface area contributed by atoms with Crippen molar-refractivity contribution in [3.05, 3.63) is 35.9 Å². The van der Waals surface area contributed by atoms with Crippen molar-refractivity contribution in [3.63, 3.8) is 0 Å². The van der Waals surface area contributed by atoms with Crippen molar-refractivity contribution in [1.82, 2.24) is 4.72 Å². The van der Waals surface area contributed by atoms with Gasteiger partial charge in [0.05, 0.1) is 5.75 Å². The van der Waals surface area contributed by atoms with Crippen molar-refractivity contribution >= 4 is 26.0 Å². The highest BCUT2D eigenvalue weighted by Gasteiger charge is 2.28. The zero-order valence-corrected chi connectivity index (χ0v) is 12.6. The maximum atomic E-state index is 12.0. The van der Waals surface area contributed by atoms with Crippen LogP contribution in [0, 0.1) is 0 Å². The molecule has 3 nitrogen and oxygen atoms in total. The molecule has 0 aromatic heterocycles. The Kier molecular flexibility index (Phi) is 4.81. The first-order valence-corrected chi connectivity index (χ1v) is 8.82. The van der Waals surface area contributed by atoms with Crippen LogP contribution in [-0.4, -0.2) is 25.0 Å². The predicted octanol–water partition coefficient (Wildman–Crippen LogP) is 2.46. The summed E-state index contributed by atoms with van der Waals surface area (Å²) in [5.41, 5.74) is 1.06. The molecule has 0 saturated heterocycles. The summed E-state index contributed by atoms with van der Waals surface area (Å²) in [6.07, 6.45) is 3.63. The molecule has 1 fully saturated rings.